The van der Waals surface area contributed by atoms with Gasteiger partial charge in [-0.25, -0.2) is 9.97 Å². The highest BCUT2D eigenvalue weighted by Crippen LogP contribution is 2.32. The van der Waals surface area contributed by atoms with Crippen LogP contribution in [-0.4, -0.2) is 49.0 Å². The zero-order chi connectivity index (χ0) is 17.4. The van der Waals surface area contributed by atoms with Crippen molar-refractivity contribution in [2.45, 2.75) is 25.7 Å². The number of aryl methyl sites for hydroxylation is 1. The number of carbonyl (C=O) groups excluding carboxylic acids is 1. The lowest BCUT2D eigenvalue weighted by Gasteiger charge is -2.31. The first-order valence-corrected chi connectivity index (χ1v) is 9.12. The van der Waals surface area contributed by atoms with Crippen LogP contribution >= 0.6 is 0 Å². The minimum absolute atomic E-state index is 0.168. The van der Waals surface area contributed by atoms with E-state index in [0.717, 1.165) is 44.2 Å². The molecule has 2 heterocycles. The number of benzene rings is 1. The van der Waals surface area contributed by atoms with E-state index >= 15 is 0 Å². The standard InChI is InChI=1S/C20H24N4O/c1-14-3-5-15(6-4-14)16-11-18-17(19(25)12-16)13-21-20(22-18)24-9-7-23(2)8-10-24/h3-6,13,16H,7-12H2,1-2H3/p+1/t16-/m1/s1. The summed E-state index contributed by atoms with van der Waals surface area (Å²) in [6.45, 7) is 6.24. The van der Waals surface area contributed by atoms with Crippen molar-refractivity contribution in [3.05, 3.63) is 52.8 Å². The summed E-state index contributed by atoms with van der Waals surface area (Å²) in [5.41, 5.74) is 4.10. The molecular weight excluding hydrogens is 312 g/mol. The third kappa shape index (κ3) is 3.29. The molecule has 4 rings (SSSR count). The molecule has 1 N–H and O–H groups in total. The highest BCUT2D eigenvalue weighted by atomic mass is 16.1. The van der Waals surface area contributed by atoms with Crippen molar-refractivity contribution in [1.29, 1.82) is 0 Å². The Morgan fingerprint density at radius 3 is 2.56 bits per heavy atom. The van der Waals surface area contributed by atoms with Crippen LogP contribution in [-0.2, 0) is 6.42 Å². The molecule has 2 aliphatic rings. The number of carbonyl (C=O) groups is 1. The van der Waals surface area contributed by atoms with Crippen LogP contribution in [0, 0.1) is 6.92 Å². The van der Waals surface area contributed by atoms with Crippen LogP contribution in [0.4, 0.5) is 5.95 Å². The quantitative estimate of drug-likeness (QED) is 0.889. The first kappa shape index (κ1) is 16.2. The Bertz CT molecular complexity index is 779. The SMILES string of the molecule is Cc1ccc([C@H]2CC(=O)c3cnc(N4CC[NH+](C)CC4)nc3C2)cc1. The molecular formula is C20H25N4O+. The maximum Gasteiger partial charge on any atom is 0.225 e. The number of Topliss-reactive ketones (excluding diaryl/α,β-unsaturated/α-hetero) is 1. The number of nitrogens with zero attached hydrogens (tertiary/aromatic N) is 3. The molecule has 5 heteroatoms. The van der Waals surface area contributed by atoms with Gasteiger partial charge in [-0.3, -0.25) is 4.79 Å². The molecule has 0 radical (unpaired) electrons. The van der Waals surface area contributed by atoms with Gasteiger partial charge in [0.05, 0.1) is 44.5 Å². The maximum atomic E-state index is 12.6. The fourth-order valence-electron chi connectivity index (χ4n) is 3.75. The van der Waals surface area contributed by atoms with E-state index in [1.54, 1.807) is 11.1 Å². The summed E-state index contributed by atoms with van der Waals surface area (Å²) in [5, 5.41) is 0. The number of piperazine rings is 1. The Kier molecular flexibility index (Phi) is 4.25. The zero-order valence-corrected chi connectivity index (χ0v) is 15.0. The van der Waals surface area contributed by atoms with Gasteiger partial charge in [-0.2, -0.15) is 0 Å². The Morgan fingerprint density at radius 1 is 1.12 bits per heavy atom. The van der Waals surface area contributed by atoms with Crippen molar-refractivity contribution in [2.24, 2.45) is 0 Å². The smallest absolute Gasteiger partial charge is 0.225 e. The van der Waals surface area contributed by atoms with E-state index in [1.165, 1.54) is 11.1 Å². The maximum absolute atomic E-state index is 12.6. The molecule has 0 amide bonds. The van der Waals surface area contributed by atoms with E-state index < -0.39 is 0 Å². The summed E-state index contributed by atoms with van der Waals surface area (Å²) in [4.78, 5) is 25.6. The molecule has 130 valence electrons. The fraction of sp³-hybridized carbons (Fsp3) is 0.450. The molecule has 5 nitrogen and oxygen atoms in total. The van der Waals surface area contributed by atoms with Gasteiger partial charge in [0.15, 0.2) is 5.78 Å². The minimum Gasteiger partial charge on any atom is -0.334 e. The monoisotopic (exact) mass is 337 g/mol. The van der Waals surface area contributed by atoms with Crippen molar-refractivity contribution in [3.8, 4) is 0 Å². The van der Waals surface area contributed by atoms with E-state index in [9.17, 15) is 4.79 Å². The summed E-state index contributed by atoms with van der Waals surface area (Å²) in [7, 11) is 2.22. The second-order valence-corrected chi connectivity index (χ2v) is 7.41. The number of likely N-dealkylation sites (N-methyl/N-ethyl adjacent to an activating group) is 1. The third-order valence-corrected chi connectivity index (χ3v) is 5.48. The molecule has 1 aliphatic carbocycles. The zero-order valence-electron chi connectivity index (χ0n) is 15.0. The second kappa shape index (κ2) is 6.56. The molecule has 0 spiro atoms. The van der Waals surface area contributed by atoms with Crippen LogP contribution in [0.1, 0.15) is 39.5 Å². The number of anilines is 1. The van der Waals surface area contributed by atoms with Gasteiger partial charge in [-0.05, 0) is 24.8 Å². The normalized spacial score (nSPS) is 21.3. The van der Waals surface area contributed by atoms with Crippen LogP contribution in [0.3, 0.4) is 0 Å². The molecule has 0 saturated carbocycles. The molecule has 1 fully saturated rings. The van der Waals surface area contributed by atoms with E-state index in [-0.39, 0.29) is 11.7 Å². The number of hydrogen-bond acceptors (Lipinski definition) is 4. The number of rotatable bonds is 2. The predicted molar refractivity (Wildman–Crippen MR) is 97.4 cm³/mol. The predicted octanol–water partition coefficient (Wildman–Crippen LogP) is 1.03. The molecule has 1 aromatic heterocycles. The number of hydrogen-bond donors (Lipinski definition) is 1. The summed E-state index contributed by atoms with van der Waals surface area (Å²) in [5.74, 6) is 1.17. The van der Waals surface area contributed by atoms with E-state index in [0.29, 0.717) is 12.0 Å². The van der Waals surface area contributed by atoms with Crippen molar-refractivity contribution in [2.75, 3.05) is 38.1 Å². The topological polar surface area (TPSA) is 50.5 Å². The molecule has 1 aliphatic heterocycles. The Balaban J connectivity index is 1.59. The van der Waals surface area contributed by atoms with Gasteiger partial charge in [0.2, 0.25) is 5.95 Å². The van der Waals surface area contributed by atoms with E-state index in [4.69, 9.17) is 4.98 Å². The molecule has 1 atom stereocenters. The Labute approximate surface area is 148 Å². The first-order chi connectivity index (χ1) is 12.1. The lowest BCUT2D eigenvalue weighted by Crippen LogP contribution is -3.12. The van der Waals surface area contributed by atoms with Crippen LogP contribution in [0.25, 0.3) is 0 Å². The highest BCUT2D eigenvalue weighted by Gasteiger charge is 2.29. The molecule has 0 unspecified atom stereocenters. The minimum atomic E-state index is 0.168. The molecule has 0 bridgehead atoms. The van der Waals surface area contributed by atoms with Gasteiger partial charge in [0.1, 0.15) is 0 Å². The highest BCUT2D eigenvalue weighted by molar-refractivity contribution is 5.98. The van der Waals surface area contributed by atoms with Crippen molar-refractivity contribution < 1.29 is 9.69 Å². The number of nitrogens with one attached hydrogen (secondary N) is 1. The average Bonchev–Trinajstić information content (AvgIpc) is 2.62. The van der Waals surface area contributed by atoms with E-state index in [1.807, 2.05) is 0 Å². The number of fused-ring (bicyclic) bond motifs is 1. The number of ketones is 1. The van der Waals surface area contributed by atoms with Crippen LogP contribution < -0.4 is 9.80 Å². The fourth-order valence-corrected chi connectivity index (χ4v) is 3.75. The van der Waals surface area contributed by atoms with Crippen LogP contribution in [0.5, 0.6) is 0 Å². The van der Waals surface area contributed by atoms with Crippen molar-refractivity contribution >= 4 is 11.7 Å². The van der Waals surface area contributed by atoms with Crippen LogP contribution in [0.15, 0.2) is 30.5 Å². The average molecular weight is 337 g/mol. The Hall–Kier alpha value is -2.27. The van der Waals surface area contributed by atoms with Crippen molar-refractivity contribution in [3.63, 3.8) is 0 Å². The molecule has 1 saturated heterocycles. The van der Waals surface area contributed by atoms with Crippen molar-refractivity contribution in [1.82, 2.24) is 9.97 Å². The number of quaternary nitrogens is 1. The lowest BCUT2D eigenvalue weighted by atomic mass is 9.82. The first-order valence-electron chi connectivity index (χ1n) is 9.12. The molecule has 25 heavy (non-hydrogen) atoms. The second-order valence-electron chi connectivity index (χ2n) is 7.41. The summed E-state index contributed by atoms with van der Waals surface area (Å²) >= 11 is 0. The lowest BCUT2D eigenvalue weighted by molar-refractivity contribution is -0.880. The van der Waals surface area contributed by atoms with Gasteiger partial charge in [-0.15, -0.1) is 0 Å². The van der Waals surface area contributed by atoms with Gasteiger partial charge >= 0.3 is 0 Å². The summed E-state index contributed by atoms with van der Waals surface area (Å²) < 4.78 is 0. The van der Waals surface area contributed by atoms with Gasteiger partial charge in [0.25, 0.3) is 0 Å². The van der Waals surface area contributed by atoms with Gasteiger partial charge in [0, 0.05) is 12.6 Å². The summed E-state index contributed by atoms with van der Waals surface area (Å²) in [6, 6.07) is 8.52. The summed E-state index contributed by atoms with van der Waals surface area (Å²) in [6.07, 6.45) is 3.12. The van der Waals surface area contributed by atoms with E-state index in [2.05, 4.69) is 48.1 Å². The van der Waals surface area contributed by atoms with Gasteiger partial charge < -0.3 is 9.80 Å². The third-order valence-electron chi connectivity index (χ3n) is 5.48. The molecule has 1 aromatic carbocycles. The Morgan fingerprint density at radius 2 is 1.84 bits per heavy atom. The largest absolute Gasteiger partial charge is 0.334 e. The van der Waals surface area contributed by atoms with Crippen LogP contribution in [0.2, 0.25) is 0 Å². The molecule has 2 aromatic rings. The number of aromatic nitrogens is 2. The van der Waals surface area contributed by atoms with Gasteiger partial charge in [-0.1, -0.05) is 29.8 Å².